The molecule has 1 aromatic carbocycles. The smallest absolute Gasteiger partial charge is 0.325 e. The summed E-state index contributed by atoms with van der Waals surface area (Å²) in [4.78, 5) is 25.0. The number of aryl methyl sites for hydroxylation is 1. The van der Waals surface area contributed by atoms with Crippen LogP contribution in [0.4, 0.5) is 4.39 Å². The second-order valence-electron chi connectivity index (χ2n) is 4.26. The third-order valence-electron chi connectivity index (χ3n) is 2.75. The Hall–Kier alpha value is -1.91. The first-order valence-corrected chi connectivity index (χ1v) is 6.11. The number of hydrogen-bond donors (Lipinski definition) is 0. The van der Waals surface area contributed by atoms with Crippen molar-refractivity contribution in [3.8, 4) is 0 Å². The standard InChI is InChI=1S/C14H18FNO3/c1-4-7-16(9-13(17)19-3)14(18)12-6-5-11(15)8-10(12)2/h5-6,8H,4,7,9H2,1-3H3. The minimum absolute atomic E-state index is 0.0972. The predicted molar refractivity (Wildman–Crippen MR) is 69.3 cm³/mol. The first kappa shape index (κ1) is 15.1. The molecule has 0 fully saturated rings. The van der Waals surface area contributed by atoms with Crippen molar-refractivity contribution in [2.24, 2.45) is 0 Å². The van der Waals surface area contributed by atoms with Gasteiger partial charge in [0, 0.05) is 12.1 Å². The number of rotatable bonds is 5. The summed E-state index contributed by atoms with van der Waals surface area (Å²) in [5.41, 5.74) is 0.953. The third kappa shape index (κ3) is 4.05. The van der Waals surface area contributed by atoms with Crippen LogP contribution in [0, 0.1) is 12.7 Å². The van der Waals surface area contributed by atoms with Crippen molar-refractivity contribution in [2.45, 2.75) is 20.3 Å². The molecule has 0 N–H and O–H groups in total. The molecular formula is C14H18FNO3. The van der Waals surface area contributed by atoms with E-state index >= 15 is 0 Å². The first-order valence-electron chi connectivity index (χ1n) is 6.11. The van der Waals surface area contributed by atoms with Gasteiger partial charge in [0.05, 0.1) is 7.11 Å². The van der Waals surface area contributed by atoms with Gasteiger partial charge in [0.1, 0.15) is 12.4 Å². The van der Waals surface area contributed by atoms with E-state index in [4.69, 9.17) is 0 Å². The van der Waals surface area contributed by atoms with Gasteiger partial charge in [0.25, 0.3) is 5.91 Å². The van der Waals surface area contributed by atoms with Gasteiger partial charge in [-0.25, -0.2) is 4.39 Å². The van der Waals surface area contributed by atoms with Crippen LogP contribution >= 0.6 is 0 Å². The van der Waals surface area contributed by atoms with E-state index in [1.54, 1.807) is 6.92 Å². The summed E-state index contributed by atoms with van der Waals surface area (Å²) < 4.78 is 17.6. The molecule has 0 aromatic heterocycles. The Labute approximate surface area is 112 Å². The maximum atomic E-state index is 13.0. The molecule has 0 unspecified atom stereocenters. The number of benzene rings is 1. The number of hydrogen-bond acceptors (Lipinski definition) is 3. The minimum atomic E-state index is -0.471. The summed E-state index contributed by atoms with van der Waals surface area (Å²) in [6.45, 7) is 3.93. The molecule has 1 rings (SSSR count). The summed E-state index contributed by atoms with van der Waals surface area (Å²) in [5, 5.41) is 0. The van der Waals surface area contributed by atoms with Gasteiger partial charge in [0.15, 0.2) is 0 Å². The van der Waals surface area contributed by atoms with E-state index in [2.05, 4.69) is 4.74 Å². The molecule has 0 aliphatic rings. The van der Waals surface area contributed by atoms with Gasteiger partial charge in [0.2, 0.25) is 0 Å². The van der Waals surface area contributed by atoms with Crippen LogP contribution in [-0.2, 0) is 9.53 Å². The molecule has 0 bridgehead atoms. The number of carbonyl (C=O) groups excluding carboxylic acids is 2. The number of methoxy groups -OCH3 is 1. The monoisotopic (exact) mass is 267 g/mol. The van der Waals surface area contributed by atoms with Crippen molar-refractivity contribution in [3.63, 3.8) is 0 Å². The zero-order valence-corrected chi connectivity index (χ0v) is 11.4. The van der Waals surface area contributed by atoms with Crippen LogP contribution in [-0.4, -0.2) is 37.0 Å². The van der Waals surface area contributed by atoms with Gasteiger partial charge >= 0.3 is 5.97 Å². The zero-order valence-electron chi connectivity index (χ0n) is 11.4. The molecule has 0 atom stereocenters. The lowest BCUT2D eigenvalue weighted by Gasteiger charge is -2.21. The number of nitrogens with zero attached hydrogens (tertiary/aromatic N) is 1. The van der Waals surface area contributed by atoms with Crippen molar-refractivity contribution in [1.82, 2.24) is 4.90 Å². The lowest BCUT2D eigenvalue weighted by molar-refractivity contribution is -0.141. The van der Waals surface area contributed by atoms with E-state index in [-0.39, 0.29) is 18.3 Å². The Morgan fingerprint density at radius 1 is 1.37 bits per heavy atom. The number of ether oxygens (including phenoxy) is 1. The van der Waals surface area contributed by atoms with Gasteiger partial charge in [-0.15, -0.1) is 0 Å². The topological polar surface area (TPSA) is 46.6 Å². The molecule has 0 spiro atoms. The molecule has 0 saturated carbocycles. The number of esters is 1. The van der Waals surface area contributed by atoms with E-state index in [1.165, 1.54) is 30.2 Å². The van der Waals surface area contributed by atoms with Crippen LogP contribution in [0.15, 0.2) is 18.2 Å². The zero-order chi connectivity index (χ0) is 14.4. The molecule has 5 heteroatoms. The van der Waals surface area contributed by atoms with E-state index in [1.807, 2.05) is 6.92 Å². The SMILES string of the molecule is CCCN(CC(=O)OC)C(=O)c1ccc(F)cc1C. The van der Waals surface area contributed by atoms with Crippen molar-refractivity contribution in [2.75, 3.05) is 20.2 Å². The molecule has 0 aliphatic heterocycles. The summed E-state index contributed by atoms with van der Waals surface area (Å²) in [7, 11) is 1.28. The molecular weight excluding hydrogens is 249 g/mol. The van der Waals surface area contributed by atoms with Crippen LogP contribution in [0.5, 0.6) is 0 Å². The molecule has 1 amide bonds. The quantitative estimate of drug-likeness (QED) is 0.768. The summed E-state index contributed by atoms with van der Waals surface area (Å²) in [5.74, 6) is -1.14. The van der Waals surface area contributed by atoms with Crippen LogP contribution < -0.4 is 0 Å². The van der Waals surface area contributed by atoms with Crippen LogP contribution in [0.2, 0.25) is 0 Å². The predicted octanol–water partition coefficient (Wildman–Crippen LogP) is 2.16. The average Bonchev–Trinajstić information content (AvgIpc) is 2.37. The van der Waals surface area contributed by atoms with E-state index in [0.29, 0.717) is 17.7 Å². The van der Waals surface area contributed by atoms with Gasteiger partial charge in [-0.3, -0.25) is 9.59 Å². The fourth-order valence-corrected chi connectivity index (χ4v) is 1.78. The van der Waals surface area contributed by atoms with E-state index in [0.717, 1.165) is 6.42 Å². The highest BCUT2D eigenvalue weighted by Gasteiger charge is 2.20. The molecule has 0 heterocycles. The van der Waals surface area contributed by atoms with Crippen molar-refractivity contribution in [3.05, 3.63) is 35.1 Å². The number of halogens is 1. The molecule has 0 aliphatic carbocycles. The van der Waals surface area contributed by atoms with Gasteiger partial charge in [-0.2, -0.15) is 0 Å². The first-order chi connectivity index (χ1) is 8.99. The Morgan fingerprint density at radius 3 is 2.58 bits per heavy atom. The van der Waals surface area contributed by atoms with Crippen molar-refractivity contribution < 1.29 is 18.7 Å². The van der Waals surface area contributed by atoms with Crippen LogP contribution in [0.25, 0.3) is 0 Å². The summed E-state index contributed by atoms with van der Waals surface area (Å²) in [6.07, 6.45) is 0.725. The maximum Gasteiger partial charge on any atom is 0.325 e. The van der Waals surface area contributed by atoms with Crippen molar-refractivity contribution in [1.29, 1.82) is 0 Å². The fourth-order valence-electron chi connectivity index (χ4n) is 1.78. The van der Waals surface area contributed by atoms with Gasteiger partial charge in [-0.1, -0.05) is 6.92 Å². The molecule has 4 nitrogen and oxygen atoms in total. The van der Waals surface area contributed by atoms with Gasteiger partial charge in [-0.05, 0) is 37.1 Å². The van der Waals surface area contributed by atoms with E-state index in [9.17, 15) is 14.0 Å². The Bertz CT molecular complexity index is 474. The minimum Gasteiger partial charge on any atom is -0.468 e. The second kappa shape index (κ2) is 6.87. The number of carbonyl (C=O) groups is 2. The summed E-state index contributed by atoms with van der Waals surface area (Å²) >= 11 is 0. The normalized spacial score (nSPS) is 10.1. The largest absolute Gasteiger partial charge is 0.468 e. The molecule has 104 valence electrons. The second-order valence-corrected chi connectivity index (χ2v) is 4.26. The third-order valence-corrected chi connectivity index (χ3v) is 2.75. The Balaban J connectivity index is 2.95. The maximum absolute atomic E-state index is 13.0. The lowest BCUT2D eigenvalue weighted by atomic mass is 10.1. The number of amides is 1. The molecule has 0 saturated heterocycles. The fraction of sp³-hybridized carbons (Fsp3) is 0.429. The highest BCUT2D eigenvalue weighted by atomic mass is 19.1. The summed E-state index contributed by atoms with van der Waals surface area (Å²) in [6, 6.07) is 3.98. The van der Waals surface area contributed by atoms with Crippen LogP contribution in [0.1, 0.15) is 29.3 Å². The highest BCUT2D eigenvalue weighted by Crippen LogP contribution is 2.13. The van der Waals surface area contributed by atoms with E-state index < -0.39 is 5.97 Å². The van der Waals surface area contributed by atoms with Gasteiger partial charge < -0.3 is 9.64 Å². The highest BCUT2D eigenvalue weighted by molar-refractivity contribution is 5.97. The van der Waals surface area contributed by atoms with Crippen LogP contribution in [0.3, 0.4) is 0 Å². The lowest BCUT2D eigenvalue weighted by Crippen LogP contribution is -2.37. The van der Waals surface area contributed by atoms with Crippen molar-refractivity contribution >= 4 is 11.9 Å². The Morgan fingerprint density at radius 2 is 2.05 bits per heavy atom. The molecule has 19 heavy (non-hydrogen) atoms. The molecule has 1 aromatic rings. The Kier molecular flexibility index (Phi) is 5.48. The molecule has 0 radical (unpaired) electrons. The average molecular weight is 267 g/mol.